The largest absolute Gasteiger partial charge is 0.268 e. The van der Waals surface area contributed by atoms with E-state index in [0.29, 0.717) is 12.0 Å². The van der Waals surface area contributed by atoms with E-state index in [1.54, 1.807) is 23.9 Å². The summed E-state index contributed by atoms with van der Waals surface area (Å²) >= 11 is 1.74. The zero-order valence-corrected chi connectivity index (χ0v) is 20.5. The fraction of sp³-hybridized carbons (Fsp3) is 0.308. The van der Waals surface area contributed by atoms with Gasteiger partial charge < -0.3 is 0 Å². The average Bonchev–Trinajstić information content (AvgIpc) is 2.83. The van der Waals surface area contributed by atoms with Crippen LogP contribution in [0.25, 0.3) is 11.1 Å². The fourth-order valence-electron chi connectivity index (χ4n) is 3.31. The van der Waals surface area contributed by atoms with Crippen LogP contribution in [0.15, 0.2) is 72.9 Å². The average molecular weight is 483 g/mol. The summed E-state index contributed by atoms with van der Waals surface area (Å²) in [6.45, 7) is 2.07. The van der Waals surface area contributed by atoms with Gasteiger partial charge >= 0.3 is 0 Å². The van der Waals surface area contributed by atoms with Gasteiger partial charge in [0.25, 0.3) is 5.91 Å². The van der Waals surface area contributed by atoms with Crippen molar-refractivity contribution in [3.8, 4) is 11.1 Å². The van der Waals surface area contributed by atoms with Gasteiger partial charge in [-0.2, -0.15) is 11.8 Å². The van der Waals surface area contributed by atoms with Crippen LogP contribution in [0.3, 0.4) is 0 Å². The van der Waals surface area contributed by atoms with Crippen LogP contribution in [0, 0.1) is 0 Å². The van der Waals surface area contributed by atoms with Crippen molar-refractivity contribution in [3.63, 3.8) is 0 Å². The molecule has 1 amide bonds. The van der Waals surface area contributed by atoms with Gasteiger partial charge in [0.1, 0.15) is 0 Å². The second-order valence-electron chi connectivity index (χ2n) is 7.90. The van der Waals surface area contributed by atoms with E-state index in [0.717, 1.165) is 53.2 Å². The third-order valence-corrected chi connectivity index (χ3v) is 7.54. The molecule has 5 nitrogen and oxygen atoms in total. The highest BCUT2D eigenvalue weighted by molar-refractivity contribution is 7.97. The predicted molar refractivity (Wildman–Crippen MR) is 137 cm³/mol. The molecule has 1 aromatic heterocycles. The van der Waals surface area contributed by atoms with Gasteiger partial charge in [0, 0.05) is 28.8 Å². The summed E-state index contributed by atoms with van der Waals surface area (Å²) in [4.78, 5) is 16.8. The molecule has 0 bridgehead atoms. The number of nitrogens with one attached hydrogen (secondary N) is 1. The second kappa shape index (κ2) is 12.6. The molecule has 0 aliphatic carbocycles. The quantitative estimate of drug-likeness (QED) is 0.329. The number of hydrogen-bond donors (Lipinski definition) is 1. The molecule has 7 heteroatoms. The van der Waals surface area contributed by atoms with Gasteiger partial charge in [-0.25, -0.2) is 13.1 Å². The van der Waals surface area contributed by atoms with Crippen LogP contribution in [0.1, 0.15) is 54.2 Å². The number of hydrogen-bond acceptors (Lipinski definition) is 5. The fourth-order valence-corrected chi connectivity index (χ4v) is 5.30. The Morgan fingerprint density at radius 1 is 0.879 bits per heavy atom. The third-order valence-electron chi connectivity index (χ3n) is 5.18. The number of aromatic nitrogens is 1. The highest BCUT2D eigenvalue weighted by Crippen LogP contribution is 2.21. The number of rotatable bonds is 12. The van der Waals surface area contributed by atoms with E-state index in [4.69, 9.17) is 0 Å². The molecule has 3 rings (SSSR count). The lowest BCUT2D eigenvalue weighted by Crippen LogP contribution is -2.32. The van der Waals surface area contributed by atoms with E-state index < -0.39 is 15.9 Å². The van der Waals surface area contributed by atoms with Gasteiger partial charge in [0.2, 0.25) is 10.0 Å². The molecule has 0 saturated carbocycles. The second-order valence-corrected chi connectivity index (χ2v) is 10.7. The molecular weight excluding hydrogens is 452 g/mol. The summed E-state index contributed by atoms with van der Waals surface area (Å²) in [6, 6.07) is 21.4. The molecule has 0 fully saturated rings. The van der Waals surface area contributed by atoms with Crippen molar-refractivity contribution in [2.75, 3.05) is 5.75 Å². The van der Waals surface area contributed by atoms with Gasteiger partial charge in [-0.05, 0) is 35.7 Å². The zero-order chi connectivity index (χ0) is 23.5. The topological polar surface area (TPSA) is 76.1 Å². The Labute approximate surface area is 201 Å². The van der Waals surface area contributed by atoms with Crippen molar-refractivity contribution in [2.24, 2.45) is 0 Å². The molecule has 3 aromatic rings. The number of thioether (sulfide) groups is 1. The van der Waals surface area contributed by atoms with Crippen LogP contribution in [-0.2, 0) is 21.5 Å². The Morgan fingerprint density at radius 2 is 1.64 bits per heavy atom. The smallest absolute Gasteiger partial charge is 0.264 e. The maximum atomic E-state index is 12.3. The maximum Gasteiger partial charge on any atom is 0.264 e. The summed E-state index contributed by atoms with van der Waals surface area (Å²) in [5.74, 6) is 0.966. The van der Waals surface area contributed by atoms with Crippen LogP contribution in [0.2, 0.25) is 0 Å². The van der Waals surface area contributed by atoms with E-state index in [-0.39, 0.29) is 5.75 Å². The van der Waals surface area contributed by atoms with Gasteiger partial charge in [0.15, 0.2) is 0 Å². The number of amides is 1. The van der Waals surface area contributed by atoms with Crippen molar-refractivity contribution >= 4 is 27.7 Å². The summed E-state index contributed by atoms with van der Waals surface area (Å²) in [6.07, 6.45) is 5.35. The van der Waals surface area contributed by atoms with Crippen LogP contribution < -0.4 is 4.72 Å². The van der Waals surface area contributed by atoms with Gasteiger partial charge in [-0.3, -0.25) is 9.78 Å². The Hall–Kier alpha value is -2.64. The molecule has 1 heterocycles. The minimum atomic E-state index is -3.60. The minimum absolute atomic E-state index is 0.0200. The first-order chi connectivity index (χ1) is 16.0. The van der Waals surface area contributed by atoms with Crippen LogP contribution in [0.5, 0.6) is 0 Å². The van der Waals surface area contributed by atoms with E-state index in [9.17, 15) is 13.2 Å². The van der Waals surface area contributed by atoms with Crippen LogP contribution >= 0.6 is 11.8 Å². The van der Waals surface area contributed by atoms with Crippen LogP contribution in [0.4, 0.5) is 0 Å². The molecule has 174 valence electrons. The van der Waals surface area contributed by atoms with Gasteiger partial charge in [0.05, 0.1) is 11.4 Å². The van der Waals surface area contributed by atoms with Gasteiger partial charge in [-0.15, -0.1) is 0 Å². The molecule has 0 saturated heterocycles. The highest BCUT2D eigenvalue weighted by atomic mass is 32.2. The molecule has 0 aliphatic heterocycles. The molecule has 0 atom stereocenters. The molecule has 0 spiro atoms. The minimum Gasteiger partial charge on any atom is -0.268 e. The van der Waals surface area contributed by atoms with E-state index in [2.05, 4.69) is 34.8 Å². The molecular formula is C26H30N2O3S2. The van der Waals surface area contributed by atoms with Crippen molar-refractivity contribution in [1.29, 1.82) is 0 Å². The number of carbonyl (C=O) groups is 1. The Kier molecular flexibility index (Phi) is 9.51. The van der Waals surface area contributed by atoms with Crippen molar-refractivity contribution < 1.29 is 13.2 Å². The molecule has 0 unspecified atom stereocenters. The SMILES string of the molecule is CCCCCCS(=O)(=O)NC(=O)c1ccc(CSCc2ccc(-c3ccccc3)cn2)cc1. The normalized spacial score (nSPS) is 11.3. The summed E-state index contributed by atoms with van der Waals surface area (Å²) < 4.78 is 26.3. The van der Waals surface area contributed by atoms with E-state index in [1.807, 2.05) is 42.6 Å². The summed E-state index contributed by atoms with van der Waals surface area (Å²) in [7, 11) is -3.60. The number of sulfonamides is 1. The first-order valence-electron chi connectivity index (χ1n) is 11.2. The standard InChI is InChI=1S/C26H30N2O3S2/c1-2-3-4-8-17-33(30,31)28-26(29)23-13-11-21(12-14-23)19-32-20-25-16-15-24(18-27-25)22-9-6-5-7-10-22/h5-7,9-16,18H,2-4,8,17,19-20H2,1H3,(H,28,29). The first kappa shape index (κ1) is 25.0. The molecule has 1 N–H and O–H groups in total. The van der Waals surface area contributed by atoms with Crippen molar-refractivity contribution in [1.82, 2.24) is 9.71 Å². The van der Waals surface area contributed by atoms with Gasteiger partial charge in [-0.1, -0.05) is 74.7 Å². The van der Waals surface area contributed by atoms with Crippen molar-refractivity contribution in [2.45, 2.75) is 44.1 Å². The molecule has 0 aliphatic rings. The number of carbonyl (C=O) groups excluding carboxylic acids is 1. The van der Waals surface area contributed by atoms with E-state index in [1.165, 1.54) is 0 Å². The lowest BCUT2D eigenvalue weighted by atomic mass is 10.1. The third kappa shape index (κ3) is 8.33. The number of unbranched alkanes of at least 4 members (excludes halogenated alkanes) is 3. The summed E-state index contributed by atoms with van der Waals surface area (Å²) in [5.41, 5.74) is 4.68. The van der Waals surface area contributed by atoms with E-state index >= 15 is 0 Å². The highest BCUT2D eigenvalue weighted by Gasteiger charge is 2.15. The molecule has 0 radical (unpaired) electrons. The molecule has 33 heavy (non-hydrogen) atoms. The lowest BCUT2D eigenvalue weighted by Gasteiger charge is -2.08. The zero-order valence-electron chi connectivity index (χ0n) is 18.9. The molecule has 2 aromatic carbocycles. The Bertz CT molecular complexity index is 1110. The summed E-state index contributed by atoms with van der Waals surface area (Å²) in [5, 5.41) is 0. The maximum absolute atomic E-state index is 12.3. The monoisotopic (exact) mass is 482 g/mol. The lowest BCUT2D eigenvalue weighted by molar-refractivity contribution is 0.0981. The van der Waals surface area contributed by atoms with Crippen LogP contribution in [-0.4, -0.2) is 25.1 Å². The predicted octanol–water partition coefficient (Wildman–Crippen LogP) is 5.82. The first-order valence-corrected chi connectivity index (χ1v) is 14.0. The Balaban J connectivity index is 1.45. The number of pyridine rings is 1. The van der Waals surface area contributed by atoms with Crippen molar-refractivity contribution in [3.05, 3.63) is 89.7 Å². The Morgan fingerprint density at radius 3 is 2.30 bits per heavy atom. The number of nitrogens with zero attached hydrogens (tertiary/aromatic N) is 1. The number of benzene rings is 2.